The van der Waals surface area contributed by atoms with Crippen molar-refractivity contribution in [2.45, 2.75) is 11.3 Å². The number of nitrogens with zero attached hydrogens (tertiary/aromatic N) is 3. The van der Waals surface area contributed by atoms with E-state index in [1.807, 2.05) is 0 Å². The molecule has 0 aliphatic rings. The SMILES string of the molecule is COc1ccc2c(N)c([N+](=O)[O-])c(Cc3c(F)cc(SC)cc3F)nc2n1. The molecule has 0 aliphatic heterocycles. The van der Waals surface area contributed by atoms with Crippen LogP contribution in [0.25, 0.3) is 11.0 Å². The van der Waals surface area contributed by atoms with Crippen molar-refractivity contribution < 1.29 is 18.4 Å². The molecule has 2 N–H and O–H groups in total. The molecule has 0 unspecified atom stereocenters. The molecule has 140 valence electrons. The molecule has 1 aromatic carbocycles. The van der Waals surface area contributed by atoms with Crippen molar-refractivity contribution in [2.75, 3.05) is 19.1 Å². The molecule has 0 bridgehead atoms. The summed E-state index contributed by atoms with van der Waals surface area (Å²) >= 11 is 1.18. The van der Waals surface area contributed by atoms with Gasteiger partial charge in [0.25, 0.3) is 0 Å². The standard InChI is InChI=1S/C17H14F2N4O3S/c1-26-14-4-3-9-15(20)16(23(24)25)13(21-17(9)22-14)7-10-11(18)5-8(27-2)6-12(10)19/h3-6H,7H2,1-2H3,(H2,20,21,22). The van der Waals surface area contributed by atoms with Crippen LogP contribution in [0.3, 0.4) is 0 Å². The number of rotatable bonds is 5. The third kappa shape index (κ3) is 3.47. The van der Waals surface area contributed by atoms with Crippen LogP contribution < -0.4 is 10.5 Å². The third-order valence-electron chi connectivity index (χ3n) is 4.00. The van der Waals surface area contributed by atoms with E-state index < -0.39 is 28.7 Å². The highest BCUT2D eigenvalue weighted by molar-refractivity contribution is 7.98. The van der Waals surface area contributed by atoms with Gasteiger partial charge in [-0.1, -0.05) is 0 Å². The zero-order valence-corrected chi connectivity index (χ0v) is 15.1. The number of nitro groups is 1. The second kappa shape index (κ2) is 7.31. The van der Waals surface area contributed by atoms with Crippen LogP contribution in [0.5, 0.6) is 5.88 Å². The number of anilines is 1. The lowest BCUT2D eigenvalue weighted by molar-refractivity contribution is -0.384. The number of aromatic nitrogens is 2. The first-order valence-electron chi connectivity index (χ1n) is 7.65. The van der Waals surface area contributed by atoms with Crippen molar-refractivity contribution in [1.29, 1.82) is 0 Å². The Kier molecular flexibility index (Phi) is 5.08. The molecule has 10 heteroatoms. The van der Waals surface area contributed by atoms with E-state index in [0.717, 1.165) is 0 Å². The molecule has 7 nitrogen and oxygen atoms in total. The van der Waals surface area contributed by atoms with Gasteiger partial charge in [-0.05, 0) is 24.5 Å². The van der Waals surface area contributed by atoms with Gasteiger partial charge in [0.2, 0.25) is 5.88 Å². The summed E-state index contributed by atoms with van der Waals surface area (Å²) in [7, 11) is 1.40. The lowest BCUT2D eigenvalue weighted by Crippen LogP contribution is -2.08. The van der Waals surface area contributed by atoms with E-state index in [0.29, 0.717) is 4.90 Å². The summed E-state index contributed by atoms with van der Waals surface area (Å²) in [6.07, 6.45) is 1.24. The summed E-state index contributed by atoms with van der Waals surface area (Å²) in [6, 6.07) is 5.32. The first-order chi connectivity index (χ1) is 12.8. The van der Waals surface area contributed by atoms with E-state index >= 15 is 0 Å². The molecule has 3 rings (SSSR count). The van der Waals surface area contributed by atoms with Crippen LogP contribution in [0.2, 0.25) is 0 Å². The van der Waals surface area contributed by atoms with Crippen LogP contribution in [0.15, 0.2) is 29.2 Å². The number of methoxy groups -OCH3 is 1. The third-order valence-corrected chi connectivity index (χ3v) is 4.70. The molecule has 0 spiro atoms. The van der Waals surface area contributed by atoms with Crippen LogP contribution >= 0.6 is 11.8 Å². The highest BCUT2D eigenvalue weighted by Gasteiger charge is 2.26. The average molecular weight is 392 g/mol. The fourth-order valence-electron chi connectivity index (χ4n) is 2.66. The van der Waals surface area contributed by atoms with Crippen LogP contribution in [0.4, 0.5) is 20.2 Å². The van der Waals surface area contributed by atoms with Crippen molar-refractivity contribution in [3.63, 3.8) is 0 Å². The Hall–Kier alpha value is -3.01. The number of fused-ring (bicyclic) bond motifs is 1. The van der Waals surface area contributed by atoms with Crippen molar-refractivity contribution in [2.24, 2.45) is 0 Å². The second-order valence-corrected chi connectivity index (χ2v) is 6.43. The van der Waals surface area contributed by atoms with Gasteiger partial charge in [-0.2, -0.15) is 4.98 Å². The highest BCUT2D eigenvalue weighted by Crippen LogP contribution is 2.34. The van der Waals surface area contributed by atoms with Crippen LogP contribution in [-0.4, -0.2) is 28.3 Å². The van der Waals surface area contributed by atoms with Crippen molar-refractivity contribution in [3.05, 3.63) is 57.3 Å². The van der Waals surface area contributed by atoms with Gasteiger partial charge in [0, 0.05) is 28.3 Å². The molecular weight excluding hydrogens is 378 g/mol. The summed E-state index contributed by atoms with van der Waals surface area (Å²) in [6.45, 7) is 0. The van der Waals surface area contributed by atoms with Gasteiger partial charge >= 0.3 is 5.69 Å². The van der Waals surface area contributed by atoms with Crippen LogP contribution in [0.1, 0.15) is 11.3 Å². The number of pyridine rings is 2. The first kappa shape index (κ1) is 18.8. The molecule has 0 amide bonds. The molecule has 0 aliphatic carbocycles. The molecule has 2 heterocycles. The van der Waals surface area contributed by atoms with Crippen LogP contribution in [0, 0.1) is 21.7 Å². The number of hydrogen-bond donors (Lipinski definition) is 1. The van der Waals surface area contributed by atoms with Gasteiger partial charge < -0.3 is 10.5 Å². The Morgan fingerprint density at radius 2 is 1.93 bits per heavy atom. The van der Waals surface area contributed by atoms with Crippen molar-refractivity contribution in [3.8, 4) is 5.88 Å². The molecule has 27 heavy (non-hydrogen) atoms. The molecule has 0 atom stereocenters. The summed E-state index contributed by atoms with van der Waals surface area (Å²) < 4.78 is 33.7. The van der Waals surface area contributed by atoms with E-state index in [4.69, 9.17) is 10.5 Å². The Labute approximate surface area is 156 Å². The average Bonchev–Trinajstić information content (AvgIpc) is 2.63. The number of nitrogen functional groups attached to an aromatic ring is 1. The predicted octanol–water partition coefficient (Wildman–Crippen LogP) is 3.72. The van der Waals surface area contributed by atoms with Crippen LogP contribution in [-0.2, 0) is 6.42 Å². The number of nitrogens with two attached hydrogens (primary N) is 1. The fourth-order valence-corrected chi connectivity index (χ4v) is 3.11. The van der Waals surface area contributed by atoms with Gasteiger partial charge in [-0.3, -0.25) is 10.1 Å². The molecule has 0 saturated heterocycles. The summed E-state index contributed by atoms with van der Waals surface area (Å²) in [5, 5.41) is 11.8. The molecule has 0 radical (unpaired) electrons. The maximum atomic E-state index is 14.3. The Bertz CT molecular complexity index is 1040. The summed E-state index contributed by atoms with van der Waals surface area (Å²) in [5.74, 6) is -1.39. The van der Waals surface area contributed by atoms with E-state index in [1.54, 1.807) is 6.26 Å². The normalized spacial score (nSPS) is 11.0. The van der Waals surface area contributed by atoms with E-state index in [9.17, 15) is 18.9 Å². The maximum Gasteiger partial charge on any atom is 0.314 e. The van der Waals surface area contributed by atoms with Gasteiger partial charge in [-0.25, -0.2) is 13.8 Å². The first-order valence-corrected chi connectivity index (χ1v) is 8.87. The largest absolute Gasteiger partial charge is 0.481 e. The van der Waals surface area contributed by atoms with Crippen molar-refractivity contribution >= 4 is 34.2 Å². The molecular formula is C17H14F2N4O3S. The topological polar surface area (TPSA) is 104 Å². The van der Waals surface area contributed by atoms with E-state index in [-0.39, 0.29) is 33.9 Å². The van der Waals surface area contributed by atoms with E-state index in [2.05, 4.69) is 9.97 Å². The quantitative estimate of drug-likeness (QED) is 0.401. The smallest absolute Gasteiger partial charge is 0.314 e. The minimum absolute atomic E-state index is 0.0917. The molecule has 3 aromatic rings. The zero-order chi connectivity index (χ0) is 19.7. The minimum Gasteiger partial charge on any atom is -0.481 e. The van der Waals surface area contributed by atoms with E-state index in [1.165, 1.54) is 43.1 Å². The highest BCUT2D eigenvalue weighted by atomic mass is 32.2. The van der Waals surface area contributed by atoms with Gasteiger partial charge in [0.15, 0.2) is 5.65 Å². The molecule has 0 saturated carbocycles. The molecule has 2 aromatic heterocycles. The van der Waals surface area contributed by atoms with Gasteiger partial charge in [0.1, 0.15) is 23.0 Å². The van der Waals surface area contributed by atoms with Gasteiger partial charge in [-0.15, -0.1) is 11.8 Å². The predicted molar refractivity (Wildman–Crippen MR) is 98.1 cm³/mol. The Balaban J connectivity index is 2.21. The lowest BCUT2D eigenvalue weighted by Gasteiger charge is -2.10. The summed E-state index contributed by atoms with van der Waals surface area (Å²) in [4.78, 5) is 19.4. The second-order valence-electron chi connectivity index (χ2n) is 5.55. The zero-order valence-electron chi connectivity index (χ0n) is 14.3. The number of ether oxygens (including phenoxy) is 1. The monoisotopic (exact) mass is 392 g/mol. The number of thioether (sulfide) groups is 1. The Morgan fingerprint density at radius 1 is 1.26 bits per heavy atom. The molecule has 0 fully saturated rings. The van der Waals surface area contributed by atoms with Crippen molar-refractivity contribution in [1.82, 2.24) is 9.97 Å². The summed E-state index contributed by atoms with van der Waals surface area (Å²) in [5.41, 5.74) is 4.85. The number of halogens is 2. The number of hydrogen-bond acceptors (Lipinski definition) is 7. The lowest BCUT2D eigenvalue weighted by atomic mass is 10.0. The number of benzene rings is 1. The fraction of sp³-hybridized carbons (Fsp3) is 0.176. The maximum absolute atomic E-state index is 14.3. The van der Waals surface area contributed by atoms with Gasteiger partial charge in [0.05, 0.1) is 12.0 Å². The Morgan fingerprint density at radius 3 is 2.48 bits per heavy atom. The minimum atomic E-state index is -0.812.